The van der Waals surface area contributed by atoms with E-state index in [9.17, 15) is 15.2 Å². The largest absolute Gasteiger partial charge is 0.494 e. The lowest BCUT2D eigenvalue weighted by molar-refractivity contribution is -0.384. The summed E-state index contributed by atoms with van der Waals surface area (Å²) >= 11 is 0. The van der Waals surface area contributed by atoms with Crippen LogP contribution in [0, 0.1) is 17.0 Å². The van der Waals surface area contributed by atoms with Crippen LogP contribution in [0.3, 0.4) is 0 Å². The number of aliphatic imine (C=N–C) groups is 1. The predicted molar refractivity (Wildman–Crippen MR) is 124 cm³/mol. The van der Waals surface area contributed by atoms with Crippen LogP contribution in [0.15, 0.2) is 46.5 Å². The molecule has 0 amide bonds. The number of H-pyrrole nitrogens is 1. The third kappa shape index (κ3) is 3.94. The van der Waals surface area contributed by atoms with Crippen LogP contribution in [0.1, 0.15) is 30.5 Å². The summed E-state index contributed by atoms with van der Waals surface area (Å²) in [5.74, 6) is -0.0394. The van der Waals surface area contributed by atoms with E-state index in [-0.39, 0.29) is 11.6 Å². The number of benzene rings is 2. The summed E-state index contributed by atoms with van der Waals surface area (Å²) in [5, 5.41) is 27.1. The van der Waals surface area contributed by atoms with Crippen LogP contribution in [-0.2, 0) is 4.84 Å². The van der Waals surface area contributed by atoms with Crippen molar-refractivity contribution in [2.45, 2.75) is 20.8 Å². The van der Waals surface area contributed by atoms with Crippen molar-refractivity contribution < 1.29 is 14.9 Å². The average Bonchev–Trinajstić information content (AvgIpc) is 3.28. The first-order valence-electron chi connectivity index (χ1n) is 10.5. The molecule has 9 nitrogen and oxygen atoms in total. The Kier molecular flexibility index (Phi) is 5.91. The fraction of sp³-hybridized carbons (Fsp3) is 0.304. The Morgan fingerprint density at radius 3 is 2.72 bits per heavy atom. The van der Waals surface area contributed by atoms with Crippen LogP contribution in [0.4, 0.5) is 11.4 Å². The molecular formula is C23H25N5O4. The Morgan fingerprint density at radius 2 is 2.00 bits per heavy atom. The van der Waals surface area contributed by atoms with E-state index in [1.165, 1.54) is 12.1 Å². The van der Waals surface area contributed by atoms with Gasteiger partial charge < -0.3 is 19.8 Å². The molecule has 1 aliphatic heterocycles. The Labute approximate surface area is 185 Å². The van der Waals surface area contributed by atoms with Crippen molar-refractivity contribution in [2.24, 2.45) is 10.1 Å². The number of hydrogen-bond acceptors (Lipinski definition) is 7. The number of aryl methyl sites for hydroxylation is 1. The molecule has 32 heavy (non-hydrogen) atoms. The van der Waals surface area contributed by atoms with Gasteiger partial charge in [0.15, 0.2) is 5.88 Å². The number of aromatic hydroxyl groups is 1. The summed E-state index contributed by atoms with van der Waals surface area (Å²) in [7, 11) is 0. The molecule has 0 aliphatic carbocycles. The number of nitrogens with one attached hydrogen (secondary N) is 1. The third-order valence-electron chi connectivity index (χ3n) is 5.62. The molecule has 4 rings (SSSR count). The summed E-state index contributed by atoms with van der Waals surface area (Å²) in [6, 6.07) is 10.2. The molecule has 0 atom stereocenters. The van der Waals surface area contributed by atoms with Crippen molar-refractivity contribution in [1.82, 2.24) is 9.88 Å². The third-order valence-corrected chi connectivity index (χ3v) is 5.62. The van der Waals surface area contributed by atoms with Crippen molar-refractivity contribution in [3.8, 4) is 5.88 Å². The fourth-order valence-electron chi connectivity index (χ4n) is 3.85. The quantitative estimate of drug-likeness (QED) is 0.311. The molecule has 0 saturated carbocycles. The molecule has 0 radical (unpaired) electrons. The number of aromatic nitrogens is 1. The summed E-state index contributed by atoms with van der Waals surface area (Å²) < 4.78 is 0. The van der Waals surface area contributed by atoms with Crippen molar-refractivity contribution in [3.05, 3.63) is 63.2 Å². The number of likely N-dealkylation sites (N-methyl/N-ethyl adjacent to an activating group) is 1. The highest BCUT2D eigenvalue weighted by Crippen LogP contribution is 2.37. The predicted octanol–water partition coefficient (Wildman–Crippen LogP) is 4.29. The summed E-state index contributed by atoms with van der Waals surface area (Å²) in [6.07, 6.45) is 0. The first-order chi connectivity index (χ1) is 15.4. The van der Waals surface area contributed by atoms with Crippen LogP contribution in [0.2, 0.25) is 0 Å². The minimum Gasteiger partial charge on any atom is -0.494 e. The lowest BCUT2D eigenvalue weighted by atomic mass is 10.00. The fourth-order valence-corrected chi connectivity index (χ4v) is 3.85. The highest BCUT2D eigenvalue weighted by atomic mass is 16.6. The SMILES string of the molecule is CCN(CC)CCO/N=C1/C(c2c(O)[nH]c3cc(C)ccc23)=Nc2ccc([N+](=O)[O-])cc21. The van der Waals surface area contributed by atoms with Gasteiger partial charge in [-0.05, 0) is 37.7 Å². The summed E-state index contributed by atoms with van der Waals surface area (Å²) in [6.45, 7) is 9.00. The van der Waals surface area contributed by atoms with Crippen LogP contribution in [-0.4, -0.2) is 57.6 Å². The lowest BCUT2D eigenvalue weighted by Gasteiger charge is -2.16. The molecule has 2 N–H and O–H groups in total. The second kappa shape index (κ2) is 8.80. The lowest BCUT2D eigenvalue weighted by Crippen LogP contribution is -2.26. The van der Waals surface area contributed by atoms with E-state index >= 15 is 0 Å². The standard InChI is InChI=1S/C23H25N5O4/c1-4-27(5-2)10-11-32-26-21-17-13-15(28(30)31)7-9-18(17)24-22(21)20-16-8-6-14(3)12-19(16)25-23(20)29/h6-9,12-13,25,29H,4-5,10-11H2,1-3H3/b26-21+. The molecule has 0 fully saturated rings. The molecule has 0 bridgehead atoms. The normalized spacial score (nSPS) is 14.2. The number of non-ortho nitro benzene ring substituents is 1. The maximum absolute atomic E-state index is 11.3. The number of nitrogens with zero attached hydrogens (tertiary/aromatic N) is 4. The van der Waals surface area contributed by atoms with Gasteiger partial charge >= 0.3 is 0 Å². The van der Waals surface area contributed by atoms with E-state index in [4.69, 9.17) is 4.84 Å². The molecule has 1 aromatic heterocycles. The second-order valence-electron chi connectivity index (χ2n) is 7.62. The second-order valence-corrected chi connectivity index (χ2v) is 7.62. The van der Waals surface area contributed by atoms with E-state index in [1.807, 2.05) is 25.1 Å². The van der Waals surface area contributed by atoms with Crippen LogP contribution in [0.25, 0.3) is 10.9 Å². The van der Waals surface area contributed by atoms with Gasteiger partial charge in [0.1, 0.15) is 18.0 Å². The molecule has 0 unspecified atom stereocenters. The maximum atomic E-state index is 11.3. The Hall–Kier alpha value is -3.72. The number of nitro benzene ring substituents is 1. The number of aromatic amines is 1. The van der Waals surface area contributed by atoms with E-state index in [1.54, 1.807) is 6.07 Å². The van der Waals surface area contributed by atoms with Crippen molar-refractivity contribution in [3.63, 3.8) is 0 Å². The molecule has 2 heterocycles. The van der Waals surface area contributed by atoms with Crippen molar-refractivity contribution in [2.75, 3.05) is 26.2 Å². The zero-order valence-corrected chi connectivity index (χ0v) is 18.3. The van der Waals surface area contributed by atoms with Gasteiger partial charge in [0.05, 0.1) is 16.2 Å². The Bertz CT molecular complexity index is 1240. The molecule has 3 aromatic rings. The average molecular weight is 435 g/mol. The maximum Gasteiger partial charge on any atom is 0.270 e. The first-order valence-corrected chi connectivity index (χ1v) is 10.5. The van der Waals surface area contributed by atoms with Gasteiger partial charge in [-0.25, -0.2) is 4.99 Å². The van der Waals surface area contributed by atoms with Crippen molar-refractivity contribution >= 4 is 33.7 Å². The topological polar surface area (TPSA) is 116 Å². The van der Waals surface area contributed by atoms with Gasteiger partial charge in [0.2, 0.25) is 0 Å². The minimum atomic E-state index is -0.455. The zero-order valence-electron chi connectivity index (χ0n) is 18.3. The van der Waals surface area contributed by atoms with Gasteiger partial charge in [0, 0.05) is 35.1 Å². The van der Waals surface area contributed by atoms with Gasteiger partial charge in [-0.2, -0.15) is 0 Å². The van der Waals surface area contributed by atoms with E-state index in [0.717, 1.165) is 29.6 Å². The summed E-state index contributed by atoms with van der Waals surface area (Å²) in [4.78, 5) is 26.3. The highest BCUT2D eigenvalue weighted by molar-refractivity contribution is 6.58. The van der Waals surface area contributed by atoms with Gasteiger partial charge in [-0.3, -0.25) is 10.1 Å². The number of oxime groups is 1. The Morgan fingerprint density at radius 1 is 1.22 bits per heavy atom. The van der Waals surface area contributed by atoms with Crippen LogP contribution >= 0.6 is 0 Å². The minimum absolute atomic E-state index is 0.0394. The van der Waals surface area contributed by atoms with Gasteiger partial charge in [-0.15, -0.1) is 0 Å². The Balaban J connectivity index is 1.76. The first kappa shape index (κ1) is 21.5. The van der Waals surface area contributed by atoms with Crippen LogP contribution in [0.5, 0.6) is 5.88 Å². The zero-order chi connectivity index (χ0) is 22.8. The molecule has 0 spiro atoms. The number of rotatable bonds is 8. The molecule has 166 valence electrons. The van der Waals surface area contributed by atoms with E-state index in [0.29, 0.717) is 41.4 Å². The van der Waals surface area contributed by atoms with Crippen molar-refractivity contribution in [1.29, 1.82) is 0 Å². The van der Waals surface area contributed by atoms with Crippen LogP contribution < -0.4 is 0 Å². The monoisotopic (exact) mass is 435 g/mol. The number of fused-ring (bicyclic) bond motifs is 2. The molecule has 0 saturated heterocycles. The smallest absolute Gasteiger partial charge is 0.270 e. The molecule has 1 aliphatic rings. The van der Waals surface area contributed by atoms with Gasteiger partial charge in [0.25, 0.3) is 5.69 Å². The van der Waals surface area contributed by atoms with E-state index < -0.39 is 4.92 Å². The summed E-state index contributed by atoms with van der Waals surface area (Å²) in [5.41, 5.74) is 4.06. The highest BCUT2D eigenvalue weighted by Gasteiger charge is 2.31. The molecule has 2 aromatic carbocycles. The number of nitro groups is 1. The number of hydrogen-bond donors (Lipinski definition) is 2. The van der Waals surface area contributed by atoms with Gasteiger partial charge in [-0.1, -0.05) is 31.1 Å². The molecule has 9 heteroatoms. The molecular weight excluding hydrogens is 410 g/mol. The van der Waals surface area contributed by atoms with E-state index in [2.05, 4.69) is 33.9 Å².